The first-order chi connectivity index (χ1) is 11.3. The Labute approximate surface area is 141 Å². The standard InChI is InChI=1S/C18H20N4S/c19-5-3-14-1-2-17-18(11-14)13-23-12-15(18)16(4-6-21-17)22-9-7-20-8-10-22/h2-4,6,12,20H,1,7-11,13H2. The second-order valence-corrected chi connectivity index (χ2v) is 7.25. The Bertz CT molecular complexity index is 701. The zero-order valence-corrected chi connectivity index (χ0v) is 13.9. The lowest BCUT2D eigenvalue weighted by molar-refractivity contribution is 0.293. The van der Waals surface area contributed by atoms with Crippen molar-refractivity contribution in [2.75, 3.05) is 31.9 Å². The maximum absolute atomic E-state index is 9.04. The van der Waals surface area contributed by atoms with Crippen LogP contribution in [0.15, 0.2) is 51.2 Å². The first-order valence-corrected chi connectivity index (χ1v) is 9.19. The van der Waals surface area contributed by atoms with Crippen LogP contribution in [0.1, 0.15) is 12.8 Å². The van der Waals surface area contributed by atoms with E-state index in [-0.39, 0.29) is 5.41 Å². The number of allylic oxidation sites excluding steroid dienone is 6. The number of hydrogen-bond donors (Lipinski definition) is 1. The number of nitriles is 1. The molecule has 3 aliphatic heterocycles. The molecule has 1 unspecified atom stereocenters. The Morgan fingerprint density at radius 2 is 2.26 bits per heavy atom. The number of nitrogens with one attached hydrogen (secondary N) is 1. The van der Waals surface area contributed by atoms with Crippen LogP contribution in [0.25, 0.3) is 0 Å². The van der Waals surface area contributed by atoms with E-state index in [1.807, 2.05) is 18.0 Å². The summed E-state index contributed by atoms with van der Waals surface area (Å²) in [6, 6.07) is 2.21. The molecule has 0 aromatic carbocycles. The summed E-state index contributed by atoms with van der Waals surface area (Å²) < 4.78 is 0. The number of thioether (sulfide) groups is 1. The van der Waals surface area contributed by atoms with Crippen molar-refractivity contribution in [3.05, 3.63) is 46.2 Å². The molecule has 0 aromatic rings. The second kappa shape index (κ2) is 6.03. The van der Waals surface area contributed by atoms with E-state index in [4.69, 9.17) is 10.3 Å². The third-order valence-electron chi connectivity index (χ3n) is 5.07. The summed E-state index contributed by atoms with van der Waals surface area (Å²) >= 11 is 1.88. The second-order valence-electron chi connectivity index (χ2n) is 6.39. The monoisotopic (exact) mass is 324 g/mol. The molecule has 1 N–H and O–H groups in total. The summed E-state index contributed by atoms with van der Waals surface area (Å²) in [6.45, 7) is 4.14. The van der Waals surface area contributed by atoms with Gasteiger partial charge < -0.3 is 10.2 Å². The lowest BCUT2D eigenvalue weighted by Crippen LogP contribution is -2.44. The van der Waals surface area contributed by atoms with Gasteiger partial charge in [-0.25, -0.2) is 0 Å². The van der Waals surface area contributed by atoms with Crippen LogP contribution in [0, 0.1) is 16.7 Å². The Balaban J connectivity index is 1.75. The summed E-state index contributed by atoms with van der Waals surface area (Å²) in [6.07, 6.45) is 9.86. The highest BCUT2D eigenvalue weighted by atomic mass is 32.2. The number of hydrogen-bond acceptors (Lipinski definition) is 5. The van der Waals surface area contributed by atoms with Crippen LogP contribution >= 0.6 is 11.8 Å². The van der Waals surface area contributed by atoms with Gasteiger partial charge in [0, 0.05) is 55.6 Å². The summed E-state index contributed by atoms with van der Waals surface area (Å²) in [4.78, 5) is 7.25. The largest absolute Gasteiger partial charge is 0.369 e. The van der Waals surface area contributed by atoms with Crippen molar-refractivity contribution in [3.63, 3.8) is 0 Å². The van der Waals surface area contributed by atoms with Crippen molar-refractivity contribution in [3.8, 4) is 6.07 Å². The minimum atomic E-state index is -0.0463. The van der Waals surface area contributed by atoms with Crippen molar-refractivity contribution in [2.24, 2.45) is 10.4 Å². The van der Waals surface area contributed by atoms with Crippen molar-refractivity contribution in [1.82, 2.24) is 10.2 Å². The van der Waals surface area contributed by atoms with E-state index in [9.17, 15) is 0 Å². The Morgan fingerprint density at radius 3 is 3.09 bits per heavy atom. The Kier molecular flexibility index (Phi) is 3.88. The van der Waals surface area contributed by atoms with E-state index < -0.39 is 0 Å². The molecule has 1 spiro atoms. The molecule has 4 aliphatic rings. The summed E-state index contributed by atoms with van der Waals surface area (Å²) in [5, 5.41) is 14.8. The van der Waals surface area contributed by atoms with Gasteiger partial charge in [-0.3, -0.25) is 4.99 Å². The maximum Gasteiger partial charge on any atom is 0.0911 e. The van der Waals surface area contributed by atoms with Gasteiger partial charge >= 0.3 is 0 Å². The van der Waals surface area contributed by atoms with Crippen LogP contribution in [-0.2, 0) is 0 Å². The van der Waals surface area contributed by atoms with Crippen molar-refractivity contribution in [1.29, 1.82) is 5.26 Å². The number of piperazine rings is 1. The van der Waals surface area contributed by atoms with Gasteiger partial charge in [0.25, 0.3) is 0 Å². The smallest absolute Gasteiger partial charge is 0.0911 e. The van der Waals surface area contributed by atoms with Gasteiger partial charge in [-0.2, -0.15) is 5.26 Å². The minimum absolute atomic E-state index is 0.0463. The van der Waals surface area contributed by atoms with E-state index in [0.29, 0.717) is 0 Å². The van der Waals surface area contributed by atoms with E-state index in [1.165, 1.54) is 22.5 Å². The molecule has 1 aliphatic carbocycles. The van der Waals surface area contributed by atoms with E-state index in [2.05, 4.69) is 33.8 Å². The molecule has 4 rings (SSSR count). The van der Waals surface area contributed by atoms with Crippen LogP contribution in [0.5, 0.6) is 0 Å². The zero-order chi connectivity index (χ0) is 15.7. The predicted molar refractivity (Wildman–Crippen MR) is 95.0 cm³/mol. The molecule has 0 aromatic heterocycles. The van der Waals surface area contributed by atoms with Crippen LogP contribution in [0.3, 0.4) is 0 Å². The van der Waals surface area contributed by atoms with Gasteiger partial charge in [-0.15, -0.1) is 11.8 Å². The molecule has 0 radical (unpaired) electrons. The summed E-state index contributed by atoms with van der Waals surface area (Å²) in [7, 11) is 0. The molecule has 1 atom stereocenters. The van der Waals surface area contributed by atoms with Crippen molar-refractivity contribution < 1.29 is 0 Å². The molecule has 0 bridgehead atoms. The molecule has 0 saturated carbocycles. The van der Waals surface area contributed by atoms with Crippen LogP contribution < -0.4 is 5.32 Å². The van der Waals surface area contributed by atoms with Crippen molar-refractivity contribution >= 4 is 18.0 Å². The quantitative estimate of drug-likeness (QED) is 0.753. The predicted octanol–water partition coefficient (Wildman–Crippen LogP) is 2.60. The molecule has 1 saturated heterocycles. The molecule has 5 heteroatoms. The molecule has 1 fully saturated rings. The lowest BCUT2D eigenvalue weighted by Gasteiger charge is -2.40. The van der Waals surface area contributed by atoms with Gasteiger partial charge in [0.15, 0.2) is 0 Å². The van der Waals surface area contributed by atoms with Gasteiger partial charge in [-0.05, 0) is 29.9 Å². The SMILES string of the molecule is N#CC=C1CC=C2N=CC=C(N3CCNCC3)C3=CSCC23C1. The third kappa shape index (κ3) is 2.46. The van der Waals surface area contributed by atoms with Gasteiger partial charge in [0.05, 0.1) is 11.5 Å². The average molecular weight is 324 g/mol. The van der Waals surface area contributed by atoms with Gasteiger partial charge in [0.1, 0.15) is 0 Å². The average Bonchev–Trinajstić information content (AvgIpc) is 2.91. The molecular formula is C18H20N4S. The zero-order valence-electron chi connectivity index (χ0n) is 13.1. The van der Waals surface area contributed by atoms with Crippen molar-refractivity contribution in [2.45, 2.75) is 12.8 Å². The molecular weight excluding hydrogens is 304 g/mol. The lowest BCUT2D eigenvalue weighted by atomic mass is 9.70. The van der Waals surface area contributed by atoms with Gasteiger partial charge in [0.2, 0.25) is 0 Å². The Morgan fingerprint density at radius 1 is 1.39 bits per heavy atom. The maximum atomic E-state index is 9.04. The van der Waals surface area contributed by atoms with Crippen LogP contribution in [0.2, 0.25) is 0 Å². The van der Waals surface area contributed by atoms with Gasteiger partial charge in [-0.1, -0.05) is 11.6 Å². The molecule has 4 nitrogen and oxygen atoms in total. The van der Waals surface area contributed by atoms with Crippen LogP contribution in [-0.4, -0.2) is 43.0 Å². The van der Waals surface area contributed by atoms with E-state index in [1.54, 1.807) is 6.08 Å². The number of aliphatic imine (C=N–C) groups is 1. The Hall–Kier alpha value is -1.77. The highest BCUT2D eigenvalue weighted by Crippen LogP contribution is 2.55. The summed E-state index contributed by atoms with van der Waals surface area (Å²) in [5.74, 6) is 1.03. The first-order valence-electron chi connectivity index (χ1n) is 8.14. The topological polar surface area (TPSA) is 51.4 Å². The molecule has 3 heterocycles. The fraction of sp³-hybridized carbons (Fsp3) is 0.444. The normalized spacial score (nSPS) is 31.5. The molecule has 0 amide bonds. The minimum Gasteiger partial charge on any atom is -0.369 e. The third-order valence-corrected chi connectivity index (χ3v) is 6.13. The molecule has 118 valence electrons. The number of nitrogens with zero attached hydrogens (tertiary/aromatic N) is 3. The summed E-state index contributed by atoms with van der Waals surface area (Å²) in [5.41, 5.74) is 5.08. The number of rotatable bonds is 1. The van der Waals surface area contributed by atoms with E-state index in [0.717, 1.165) is 44.8 Å². The van der Waals surface area contributed by atoms with Crippen LogP contribution in [0.4, 0.5) is 0 Å². The van der Waals surface area contributed by atoms with E-state index >= 15 is 0 Å². The highest BCUT2D eigenvalue weighted by Gasteiger charge is 2.46. The fourth-order valence-electron chi connectivity index (χ4n) is 3.93. The molecule has 23 heavy (non-hydrogen) atoms. The fourth-order valence-corrected chi connectivity index (χ4v) is 5.22. The first kappa shape index (κ1) is 14.8. The highest BCUT2D eigenvalue weighted by molar-refractivity contribution is 8.02.